The average Bonchev–Trinajstić information content (AvgIpc) is 2.45. The van der Waals surface area contributed by atoms with Gasteiger partial charge in [-0.2, -0.15) is 0 Å². The Balaban J connectivity index is 2.14. The molecule has 1 unspecified atom stereocenters. The lowest BCUT2D eigenvalue weighted by Gasteiger charge is -2.31. The molecule has 1 aliphatic rings. The van der Waals surface area contributed by atoms with E-state index in [4.69, 9.17) is 4.74 Å². The molecule has 1 fully saturated rings. The Morgan fingerprint density at radius 1 is 1.38 bits per heavy atom. The average molecular weight is 291 g/mol. The maximum Gasteiger partial charge on any atom is 0.307 e. The van der Waals surface area contributed by atoms with Crippen LogP contribution in [0.1, 0.15) is 36.5 Å². The molecule has 0 aliphatic carbocycles. The Hall–Kier alpha value is -1.55. The molecule has 21 heavy (non-hydrogen) atoms. The second kappa shape index (κ2) is 6.94. The summed E-state index contributed by atoms with van der Waals surface area (Å²) < 4.78 is 5.75. The van der Waals surface area contributed by atoms with Crippen molar-refractivity contribution in [2.24, 2.45) is 5.92 Å². The number of rotatable bonds is 5. The number of piperidine rings is 1. The number of likely N-dealkylation sites (tertiary alicyclic amines) is 1. The number of carbonyl (C=O) groups is 1. The topological polar surface area (TPSA) is 49.8 Å². The van der Waals surface area contributed by atoms with Gasteiger partial charge < -0.3 is 9.84 Å². The molecule has 1 heterocycles. The minimum Gasteiger partial charge on any atom is -0.494 e. The summed E-state index contributed by atoms with van der Waals surface area (Å²) in [5, 5.41) is 9.19. The molecule has 0 bridgehead atoms. The van der Waals surface area contributed by atoms with E-state index in [0.717, 1.165) is 37.2 Å². The van der Waals surface area contributed by atoms with Crippen LogP contribution in [0.3, 0.4) is 0 Å². The number of carboxylic acid groups (broad SMARTS) is 1. The van der Waals surface area contributed by atoms with Gasteiger partial charge in [-0.3, -0.25) is 9.69 Å². The van der Waals surface area contributed by atoms with Crippen molar-refractivity contribution in [1.82, 2.24) is 4.90 Å². The van der Waals surface area contributed by atoms with Crippen LogP contribution in [0, 0.1) is 19.8 Å². The van der Waals surface area contributed by atoms with Crippen molar-refractivity contribution >= 4 is 5.97 Å². The van der Waals surface area contributed by atoms with E-state index in [1.54, 1.807) is 0 Å². The SMILES string of the molecule is CCOc1cc(C)c(C)cc1CN1CCCC(C(=O)O)C1. The summed E-state index contributed by atoms with van der Waals surface area (Å²) in [6, 6.07) is 4.26. The van der Waals surface area contributed by atoms with Crippen molar-refractivity contribution in [1.29, 1.82) is 0 Å². The summed E-state index contributed by atoms with van der Waals surface area (Å²) >= 11 is 0. The van der Waals surface area contributed by atoms with Crippen molar-refractivity contribution in [2.45, 2.75) is 40.2 Å². The Morgan fingerprint density at radius 2 is 2.10 bits per heavy atom. The van der Waals surface area contributed by atoms with Crippen molar-refractivity contribution in [3.05, 3.63) is 28.8 Å². The van der Waals surface area contributed by atoms with Gasteiger partial charge in [0.15, 0.2) is 0 Å². The van der Waals surface area contributed by atoms with Gasteiger partial charge in [0.05, 0.1) is 12.5 Å². The quantitative estimate of drug-likeness (QED) is 0.906. The molecule has 1 N–H and O–H groups in total. The first kappa shape index (κ1) is 15.8. The van der Waals surface area contributed by atoms with Crippen LogP contribution in [-0.4, -0.2) is 35.7 Å². The first-order valence-corrected chi connectivity index (χ1v) is 7.69. The Morgan fingerprint density at radius 3 is 2.76 bits per heavy atom. The molecule has 0 radical (unpaired) electrons. The largest absolute Gasteiger partial charge is 0.494 e. The lowest BCUT2D eigenvalue weighted by Crippen LogP contribution is -2.38. The van der Waals surface area contributed by atoms with Crippen molar-refractivity contribution in [3.8, 4) is 5.75 Å². The van der Waals surface area contributed by atoms with E-state index in [0.29, 0.717) is 13.2 Å². The van der Waals surface area contributed by atoms with Crippen LogP contribution in [0.5, 0.6) is 5.75 Å². The van der Waals surface area contributed by atoms with Gasteiger partial charge in [0.1, 0.15) is 5.75 Å². The number of carboxylic acids is 1. The molecular formula is C17H25NO3. The number of hydrogen-bond donors (Lipinski definition) is 1. The normalized spacial score (nSPS) is 19.5. The fourth-order valence-electron chi connectivity index (χ4n) is 2.90. The fourth-order valence-corrected chi connectivity index (χ4v) is 2.90. The Kier molecular flexibility index (Phi) is 5.23. The third kappa shape index (κ3) is 3.97. The number of nitrogens with zero attached hydrogens (tertiary/aromatic N) is 1. The molecule has 4 heteroatoms. The minimum atomic E-state index is -0.676. The highest BCUT2D eigenvalue weighted by atomic mass is 16.5. The minimum absolute atomic E-state index is 0.235. The van der Waals surface area contributed by atoms with Crippen LogP contribution in [-0.2, 0) is 11.3 Å². The second-order valence-electron chi connectivity index (χ2n) is 5.89. The van der Waals surface area contributed by atoms with Crippen LogP contribution >= 0.6 is 0 Å². The number of ether oxygens (including phenoxy) is 1. The summed E-state index contributed by atoms with van der Waals surface area (Å²) in [5.41, 5.74) is 3.63. The van der Waals surface area contributed by atoms with Gasteiger partial charge in [0.2, 0.25) is 0 Å². The highest BCUT2D eigenvalue weighted by Gasteiger charge is 2.25. The van der Waals surface area contributed by atoms with Crippen LogP contribution in [0.4, 0.5) is 0 Å². The molecule has 0 amide bonds. The predicted octanol–water partition coefficient (Wildman–Crippen LogP) is 3.00. The molecule has 4 nitrogen and oxygen atoms in total. The van der Waals surface area contributed by atoms with Crippen molar-refractivity contribution < 1.29 is 14.6 Å². The zero-order valence-electron chi connectivity index (χ0n) is 13.2. The molecule has 0 saturated carbocycles. The predicted molar refractivity (Wildman–Crippen MR) is 82.7 cm³/mol. The standard InChI is InChI=1S/C17H25NO3/c1-4-21-16-9-13(3)12(2)8-15(16)11-18-7-5-6-14(10-18)17(19)20/h8-9,14H,4-7,10-11H2,1-3H3,(H,19,20). The lowest BCUT2D eigenvalue weighted by molar-refractivity contribution is -0.143. The summed E-state index contributed by atoms with van der Waals surface area (Å²) in [7, 11) is 0. The highest BCUT2D eigenvalue weighted by Crippen LogP contribution is 2.27. The van der Waals surface area contributed by atoms with Crippen LogP contribution in [0.15, 0.2) is 12.1 Å². The first-order chi connectivity index (χ1) is 10.0. The van der Waals surface area contributed by atoms with E-state index >= 15 is 0 Å². The van der Waals surface area contributed by atoms with E-state index in [-0.39, 0.29) is 5.92 Å². The molecule has 0 spiro atoms. The van der Waals surface area contributed by atoms with Gasteiger partial charge in [-0.1, -0.05) is 6.07 Å². The van der Waals surface area contributed by atoms with Gasteiger partial charge >= 0.3 is 5.97 Å². The Labute approximate surface area is 126 Å². The van der Waals surface area contributed by atoms with Crippen molar-refractivity contribution in [3.63, 3.8) is 0 Å². The van der Waals surface area contributed by atoms with E-state index in [9.17, 15) is 9.90 Å². The smallest absolute Gasteiger partial charge is 0.307 e. The fraction of sp³-hybridized carbons (Fsp3) is 0.588. The van der Waals surface area contributed by atoms with Gasteiger partial charge in [-0.15, -0.1) is 0 Å². The molecule has 116 valence electrons. The van der Waals surface area contributed by atoms with E-state index < -0.39 is 5.97 Å². The number of hydrogen-bond acceptors (Lipinski definition) is 3. The third-order valence-electron chi connectivity index (χ3n) is 4.23. The first-order valence-electron chi connectivity index (χ1n) is 7.69. The van der Waals surface area contributed by atoms with E-state index in [1.807, 2.05) is 6.92 Å². The lowest BCUT2D eigenvalue weighted by atomic mass is 9.97. The monoisotopic (exact) mass is 291 g/mol. The summed E-state index contributed by atoms with van der Waals surface area (Å²) in [6.07, 6.45) is 1.74. The third-order valence-corrected chi connectivity index (χ3v) is 4.23. The molecule has 2 rings (SSSR count). The molecular weight excluding hydrogens is 266 g/mol. The highest BCUT2D eigenvalue weighted by molar-refractivity contribution is 5.70. The molecule has 1 atom stereocenters. The van der Waals surface area contributed by atoms with Crippen LogP contribution in [0.2, 0.25) is 0 Å². The second-order valence-corrected chi connectivity index (χ2v) is 5.89. The van der Waals surface area contributed by atoms with Crippen LogP contribution in [0.25, 0.3) is 0 Å². The van der Waals surface area contributed by atoms with Gasteiger partial charge in [-0.25, -0.2) is 0 Å². The number of aliphatic carboxylic acids is 1. The molecule has 1 aromatic rings. The van der Waals surface area contributed by atoms with Gasteiger partial charge in [0, 0.05) is 18.7 Å². The van der Waals surface area contributed by atoms with Gasteiger partial charge in [0.25, 0.3) is 0 Å². The van der Waals surface area contributed by atoms with Crippen molar-refractivity contribution in [2.75, 3.05) is 19.7 Å². The summed E-state index contributed by atoms with van der Waals surface area (Å²) in [4.78, 5) is 13.4. The maximum absolute atomic E-state index is 11.2. The molecule has 1 aliphatic heterocycles. The molecule has 0 aromatic heterocycles. The van der Waals surface area contributed by atoms with Gasteiger partial charge in [-0.05, 0) is 57.4 Å². The number of aryl methyl sites for hydroxylation is 2. The number of benzene rings is 1. The Bertz CT molecular complexity index is 513. The summed E-state index contributed by atoms with van der Waals surface area (Å²) in [6.45, 7) is 9.18. The zero-order valence-corrected chi connectivity index (χ0v) is 13.2. The summed E-state index contributed by atoms with van der Waals surface area (Å²) in [5.74, 6) is 0.0173. The molecule has 1 saturated heterocycles. The van der Waals surface area contributed by atoms with E-state index in [2.05, 4.69) is 30.9 Å². The molecule has 1 aromatic carbocycles. The zero-order chi connectivity index (χ0) is 15.4. The maximum atomic E-state index is 11.2. The van der Waals surface area contributed by atoms with Crippen LogP contribution < -0.4 is 4.74 Å². The van der Waals surface area contributed by atoms with E-state index in [1.165, 1.54) is 11.1 Å².